The highest BCUT2D eigenvalue weighted by molar-refractivity contribution is 9.10. The molecule has 0 amide bonds. The number of ketones is 1. The largest absolute Gasteiger partial charge is 0.496 e. The van der Waals surface area contributed by atoms with E-state index in [1.807, 2.05) is 61.3 Å². The lowest BCUT2D eigenvalue weighted by atomic mass is 10.1. The zero-order valence-corrected chi connectivity index (χ0v) is 18.9. The first-order valence-electron chi connectivity index (χ1n) is 9.47. The van der Waals surface area contributed by atoms with Gasteiger partial charge >= 0.3 is 0 Å². The molecule has 0 saturated heterocycles. The van der Waals surface area contributed by atoms with Crippen molar-refractivity contribution >= 4 is 27.8 Å². The van der Waals surface area contributed by atoms with Crippen LogP contribution in [0.3, 0.4) is 0 Å². The molecule has 152 valence electrons. The van der Waals surface area contributed by atoms with Crippen LogP contribution >= 0.6 is 15.9 Å². The van der Waals surface area contributed by atoms with Crippen molar-refractivity contribution in [1.29, 1.82) is 0 Å². The van der Waals surface area contributed by atoms with Crippen LogP contribution < -0.4 is 4.74 Å². The molecule has 0 saturated carbocycles. The minimum absolute atomic E-state index is 0.0537. The van der Waals surface area contributed by atoms with E-state index in [0.717, 1.165) is 45.0 Å². The Morgan fingerprint density at radius 1 is 1.21 bits per heavy atom. The van der Waals surface area contributed by atoms with Crippen molar-refractivity contribution in [3.8, 4) is 5.75 Å². The zero-order chi connectivity index (χ0) is 21.1. The van der Waals surface area contributed by atoms with Crippen LogP contribution in [0.4, 0.5) is 0 Å². The van der Waals surface area contributed by atoms with E-state index < -0.39 is 0 Å². The normalized spacial score (nSPS) is 11.4. The number of halogens is 1. The van der Waals surface area contributed by atoms with Gasteiger partial charge < -0.3 is 4.74 Å². The Balaban J connectivity index is 1.86. The minimum atomic E-state index is -0.0537. The third kappa shape index (κ3) is 4.34. The molecular formula is C22H25BrN4O2. The molecule has 3 rings (SSSR count). The summed E-state index contributed by atoms with van der Waals surface area (Å²) in [6.07, 6.45) is 5.05. The molecule has 1 aromatic carbocycles. The monoisotopic (exact) mass is 456 g/mol. The molecule has 2 heterocycles. The van der Waals surface area contributed by atoms with Gasteiger partial charge in [-0.1, -0.05) is 12.1 Å². The summed E-state index contributed by atoms with van der Waals surface area (Å²) in [5.74, 6) is 0.735. The van der Waals surface area contributed by atoms with Crippen LogP contribution in [0, 0.1) is 20.8 Å². The van der Waals surface area contributed by atoms with E-state index in [1.54, 1.807) is 19.4 Å². The average Bonchev–Trinajstić information content (AvgIpc) is 3.21. The molecule has 6 nitrogen and oxygen atoms in total. The quantitative estimate of drug-likeness (QED) is 0.380. The molecule has 2 aromatic heterocycles. The Bertz CT molecular complexity index is 1080. The standard InChI is InChI=1S/C22H25BrN4O2/c1-6-26-15(3)19(12-24-26)20(28)9-7-17-8-10-21(29-5)18(11-17)13-27-16(4)22(23)14(2)25-27/h7-12H,6,13H2,1-5H3/b9-7+. The molecule has 0 bridgehead atoms. The second kappa shape index (κ2) is 8.78. The first-order chi connectivity index (χ1) is 13.8. The van der Waals surface area contributed by atoms with Gasteiger partial charge in [0.2, 0.25) is 0 Å². The van der Waals surface area contributed by atoms with Gasteiger partial charge in [0.15, 0.2) is 5.78 Å². The van der Waals surface area contributed by atoms with E-state index in [0.29, 0.717) is 12.1 Å². The van der Waals surface area contributed by atoms with Gasteiger partial charge in [-0.25, -0.2) is 0 Å². The maximum Gasteiger partial charge on any atom is 0.189 e. The third-order valence-corrected chi connectivity index (χ3v) is 6.16. The van der Waals surface area contributed by atoms with Crippen molar-refractivity contribution in [2.24, 2.45) is 0 Å². The zero-order valence-electron chi connectivity index (χ0n) is 17.4. The summed E-state index contributed by atoms with van der Waals surface area (Å²) in [6.45, 7) is 9.24. The van der Waals surface area contributed by atoms with Crippen molar-refractivity contribution in [3.63, 3.8) is 0 Å². The molecule has 0 N–H and O–H groups in total. The SMILES string of the molecule is CCn1ncc(C(=O)/C=C/c2ccc(OC)c(Cn3nc(C)c(Br)c3C)c2)c1C. The van der Waals surface area contributed by atoms with Gasteiger partial charge in [-0.05, 0) is 67.4 Å². The van der Waals surface area contributed by atoms with Gasteiger partial charge in [0, 0.05) is 17.8 Å². The van der Waals surface area contributed by atoms with Crippen LogP contribution in [0.15, 0.2) is 34.9 Å². The number of hydrogen-bond donors (Lipinski definition) is 0. The van der Waals surface area contributed by atoms with Crippen molar-refractivity contribution in [3.05, 3.63) is 68.7 Å². The van der Waals surface area contributed by atoms with Crippen LogP contribution in [0.1, 0.15) is 45.5 Å². The van der Waals surface area contributed by atoms with Crippen molar-refractivity contribution in [2.45, 2.75) is 40.8 Å². The van der Waals surface area contributed by atoms with Crippen molar-refractivity contribution < 1.29 is 9.53 Å². The lowest BCUT2D eigenvalue weighted by Crippen LogP contribution is -2.06. The van der Waals surface area contributed by atoms with Gasteiger partial charge in [-0.2, -0.15) is 10.2 Å². The number of methoxy groups -OCH3 is 1. The van der Waals surface area contributed by atoms with E-state index in [4.69, 9.17) is 4.74 Å². The van der Waals surface area contributed by atoms with Crippen LogP contribution in [-0.4, -0.2) is 32.5 Å². The average molecular weight is 457 g/mol. The number of carbonyl (C=O) groups is 1. The third-order valence-electron chi connectivity index (χ3n) is 5.01. The maximum absolute atomic E-state index is 12.6. The molecular weight excluding hydrogens is 432 g/mol. The lowest BCUT2D eigenvalue weighted by Gasteiger charge is -2.11. The number of benzene rings is 1. The van der Waals surface area contributed by atoms with Gasteiger partial charge in [0.25, 0.3) is 0 Å². The van der Waals surface area contributed by atoms with E-state index in [-0.39, 0.29) is 5.78 Å². The van der Waals surface area contributed by atoms with Crippen LogP contribution in [0.2, 0.25) is 0 Å². The second-order valence-corrected chi connectivity index (χ2v) is 7.66. The van der Waals surface area contributed by atoms with Gasteiger partial charge in [0.05, 0.1) is 41.3 Å². The van der Waals surface area contributed by atoms with Crippen LogP contribution in [-0.2, 0) is 13.1 Å². The number of rotatable bonds is 7. The highest BCUT2D eigenvalue weighted by Crippen LogP contribution is 2.25. The topological polar surface area (TPSA) is 61.9 Å². The first kappa shape index (κ1) is 21.0. The van der Waals surface area contributed by atoms with E-state index in [9.17, 15) is 4.79 Å². The van der Waals surface area contributed by atoms with Crippen molar-refractivity contribution in [2.75, 3.05) is 7.11 Å². The summed E-state index contributed by atoms with van der Waals surface area (Å²) in [4.78, 5) is 12.6. The summed E-state index contributed by atoms with van der Waals surface area (Å²) < 4.78 is 10.3. The molecule has 0 aliphatic carbocycles. The fraction of sp³-hybridized carbons (Fsp3) is 0.318. The maximum atomic E-state index is 12.6. The van der Waals surface area contributed by atoms with Crippen LogP contribution in [0.5, 0.6) is 5.75 Å². The molecule has 0 aliphatic rings. The fourth-order valence-electron chi connectivity index (χ4n) is 3.29. The predicted molar refractivity (Wildman–Crippen MR) is 117 cm³/mol. The molecule has 0 atom stereocenters. The fourth-order valence-corrected chi connectivity index (χ4v) is 3.57. The summed E-state index contributed by atoms with van der Waals surface area (Å²) in [6, 6.07) is 5.88. The van der Waals surface area contributed by atoms with E-state index in [2.05, 4.69) is 26.1 Å². The predicted octanol–water partition coefficient (Wildman–Crippen LogP) is 4.74. The molecule has 3 aromatic rings. The van der Waals surface area contributed by atoms with Gasteiger partial charge in [-0.15, -0.1) is 0 Å². The molecule has 0 unspecified atom stereocenters. The summed E-state index contributed by atoms with van der Waals surface area (Å²) >= 11 is 3.57. The first-order valence-corrected chi connectivity index (χ1v) is 10.3. The number of nitrogens with zero attached hydrogens (tertiary/aromatic N) is 4. The van der Waals surface area contributed by atoms with E-state index in [1.165, 1.54) is 0 Å². The number of carbonyl (C=O) groups excluding carboxylic acids is 1. The summed E-state index contributed by atoms with van der Waals surface area (Å²) in [5, 5.41) is 8.82. The van der Waals surface area contributed by atoms with Crippen molar-refractivity contribution in [1.82, 2.24) is 19.6 Å². The highest BCUT2D eigenvalue weighted by atomic mass is 79.9. The highest BCUT2D eigenvalue weighted by Gasteiger charge is 2.13. The summed E-state index contributed by atoms with van der Waals surface area (Å²) in [5.41, 5.74) is 5.44. The Morgan fingerprint density at radius 2 is 1.97 bits per heavy atom. The number of aromatic nitrogens is 4. The molecule has 7 heteroatoms. The number of hydrogen-bond acceptors (Lipinski definition) is 4. The molecule has 0 spiro atoms. The Kier molecular flexibility index (Phi) is 6.37. The molecule has 0 radical (unpaired) electrons. The Labute approximate surface area is 179 Å². The smallest absolute Gasteiger partial charge is 0.189 e. The Hall–Kier alpha value is -2.67. The van der Waals surface area contributed by atoms with Gasteiger partial charge in [-0.3, -0.25) is 14.2 Å². The molecule has 0 aliphatic heterocycles. The molecule has 0 fully saturated rings. The minimum Gasteiger partial charge on any atom is -0.496 e. The Morgan fingerprint density at radius 3 is 2.55 bits per heavy atom. The van der Waals surface area contributed by atoms with Crippen LogP contribution in [0.25, 0.3) is 6.08 Å². The van der Waals surface area contributed by atoms with Gasteiger partial charge in [0.1, 0.15) is 5.75 Å². The second-order valence-electron chi connectivity index (χ2n) is 6.87. The summed E-state index contributed by atoms with van der Waals surface area (Å²) in [7, 11) is 1.66. The molecule has 29 heavy (non-hydrogen) atoms. The van der Waals surface area contributed by atoms with E-state index >= 15 is 0 Å². The lowest BCUT2D eigenvalue weighted by molar-refractivity contribution is 0.104. The number of ether oxygens (including phenoxy) is 1. The number of aryl methyl sites for hydroxylation is 2. The number of allylic oxidation sites excluding steroid dienone is 1.